The number of sulfonamides is 1. The van der Waals surface area contributed by atoms with Crippen LogP contribution in [0, 0.1) is 0 Å². The van der Waals surface area contributed by atoms with Crippen LogP contribution in [0.15, 0.2) is 0 Å². The van der Waals surface area contributed by atoms with Crippen molar-refractivity contribution in [1.29, 1.82) is 0 Å². The maximum Gasteiger partial charge on any atom is 0.246 e. The molecule has 1 unspecified atom stereocenters. The zero-order valence-electron chi connectivity index (χ0n) is 16.8. The molecule has 3 aliphatic rings. The van der Waals surface area contributed by atoms with E-state index in [0.29, 0.717) is 6.54 Å². The van der Waals surface area contributed by atoms with Crippen LogP contribution >= 0.6 is 0 Å². The summed E-state index contributed by atoms with van der Waals surface area (Å²) in [5.74, 6) is -2.80. The van der Waals surface area contributed by atoms with Gasteiger partial charge in [0.25, 0.3) is 0 Å². The number of amides is 3. The lowest BCUT2D eigenvalue weighted by Crippen LogP contribution is -2.74. The molecule has 3 heterocycles. The summed E-state index contributed by atoms with van der Waals surface area (Å²) in [6.45, 7) is 3.96. The van der Waals surface area contributed by atoms with Crippen LogP contribution in [0.2, 0.25) is 0 Å². The third-order valence-electron chi connectivity index (χ3n) is 5.34. The van der Waals surface area contributed by atoms with Gasteiger partial charge in [0.05, 0.1) is 43.8 Å². The van der Waals surface area contributed by atoms with E-state index < -0.39 is 60.9 Å². The molecule has 0 bridgehead atoms. The molecule has 3 amide bonds. The first kappa shape index (κ1) is 22.9. The fourth-order valence-electron chi connectivity index (χ4n) is 3.85. The number of hydrogen-bond donors (Lipinski definition) is 2. The number of rotatable bonds is 5. The zero-order valence-corrected chi connectivity index (χ0v) is 18.4. The molecule has 3 aliphatic heterocycles. The molecule has 12 nitrogen and oxygen atoms in total. The quantitative estimate of drug-likeness (QED) is 0.425. The second kappa shape index (κ2) is 8.05. The smallest absolute Gasteiger partial charge is 0.246 e. The predicted octanol–water partition coefficient (Wildman–Crippen LogP) is -3.33. The van der Waals surface area contributed by atoms with Gasteiger partial charge in [0.1, 0.15) is 17.4 Å². The van der Waals surface area contributed by atoms with Crippen molar-refractivity contribution in [3.63, 3.8) is 0 Å². The standard InChI is InChI=1S/C16H26N4O8S2/c1-3-30(26,27)18-11(2)14(22)19-4-5-28-16(8-19)9-20(10-16)15(23)12-6-29(24,25)7-13(21)17-12/h11-12,18H,3-10H2,1-2H3,(H,17,21)/t11?,12-/m0/s1. The van der Waals surface area contributed by atoms with Crippen molar-refractivity contribution >= 4 is 37.6 Å². The lowest BCUT2D eigenvalue weighted by molar-refractivity contribution is -0.195. The molecule has 1 spiro atoms. The third kappa shape index (κ3) is 4.92. The lowest BCUT2D eigenvalue weighted by Gasteiger charge is -2.54. The number of morpholine rings is 1. The topological polar surface area (TPSA) is 159 Å². The van der Waals surface area contributed by atoms with E-state index in [0.717, 1.165) is 0 Å². The van der Waals surface area contributed by atoms with Gasteiger partial charge in [-0.1, -0.05) is 0 Å². The van der Waals surface area contributed by atoms with Crippen molar-refractivity contribution in [1.82, 2.24) is 19.8 Å². The summed E-state index contributed by atoms with van der Waals surface area (Å²) in [7, 11) is -7.16. The number of sulfone groups is 1. The Hall–Kier alpha value is -1.77. The fraction of sp³-hybridized carbons (Fsp3) is 0.812. The van der Waals surface area contributed by atoms with Gasteiger partial charge in [-0.3, -0.25) is 14.4 Å². The molecule has 3 saturated heterocycles. The maximum atomic E-state index is 12.6. The Bertz CT molecular complexity index is 942. The van der Waals surface area contributed by atoms with Crippen LogP contribution in [-0.4, -0.2) is 112 Å². The van der Waals surface area contributed by atoms with E-state index in [1.165, 1.54) is 23.6 Å². The van der Waals surface area contributed by atoms with Gasteiger partial charge in [0.15, 0.2) is 9.84 Å². The van der Waals surface area contributed by atoms with Crippen LogP contribution in [-0.2, 0) is 39.0 Å². The van der Waals surface area contributed by atoms with Gasteiger partial charge in [-0.05, 0) is 13.8 Å². The zero-order chi connectivity index (χ0) is 22.3. The van der Waals surface area contributed by atoms with Crippen molar-refractivity contribution in [2.24, 2.45) is 0 Å². The highest BCUT2D eigenvalue weighted by atomic mass is 32.2. The highest BCUT2D eigenvalue weighted by Gasteiger charge is 2.52. The van der Waals surface area contributed by atoms with Crippen LogP contribution < -0.4 is 10.0 Å². The molecule has 0 aromatic heterocycles. The Labute approximate surface area is 175 Å². The molecule has 0 saturated carbocycles. The lowest BCUT2D eigenvalue weighted by atomic mass is 9.90. The summed E-state index contributed by atoms with van der Waals surface area (Å²) in [6, 6.07) is -2.05. The number of hydrogen-bond acceptors (Lipinski definition) is 8. The summed E-state index contributed by atoms with van der Waals surface area (Å²) in [5.41, 5.74) is -0.787. The molecular weight excluding hydrogens is 440 g/mol. The molecule has 0 aliphatic carbocycles. The molecule has 30 heavy (non-hydrogen) atoms. The maximum absolute atomic E-state index is 12.6. The molecule has 0 radical (unpaired) electrons. The average Bonchev–Trinajstić information content (AvgIpc) is 2.63. The molecule has 0 aromatic carbocycles. The van der Waals surface area contributed by atoms with Crippen LogP contribution in [0.1, 0.15) is 13.8 Å². The van der Waals surface area contributed by atoms with Crippen molar-refractivity contribution in [2.75, 3.05) is 50.0 Å². The number of carbonyl (C=O) groups is 3. The largest absolute Gasteiger partial charge is 0.368 e. The van der Waals surface area contributed by atoms with Gasteiger partial charge >= 0.3 is 0 Å². The van der Waals surface area contributed by atoms with Crippen LogP contribution in [0.25, 0.3) is 0 Å². The second-order valence-electron chi connectivity index (χ2n) is 7.90. The van der Waals surface area contributed by atoms with E-state index in [1.54, 1.807) is 0 Å². The van der Waals surface area contributed by atoms with Crippen LogP contribution in [0.4, 0.5) is 0 Å². The first-order valence-corrected chi connectivity index (χ1v) is 13.0. The third-order valence-corrected chi connectivity index (χ3v) is 8.36. The monoisotopic (exact) mass is 466 g/mol. The minimum atomic E-state index is -3.62. The summed E-state index contributed by atoms with van der Waals surface area (Å²) >= 11 is 0. The van der Waals surface area contributed by atoms with Crippen molar-refractivity contribution in [3.05, 3.63) is 0 Å². The molecule has 0 aromatic rings. The Balaban J connectivity index is 1.58. The van der Waals surface area contributed by atoms with E-state index >= 15 is 0 Å². The Morgan fingerprint density at radius 3 is 2.53 bits per heavy atom. The molecule has 170 valence electrons. The van der Waals surface area contributed by atoms with Gasteiger partial charge in [-0.25, -0.2) is 21.6 Å². The molecule has 3 rings (SSSR count). The van der Waals surface area contributed by atoms with E-state index in [2.05, 4.69) is 10.0 Å². The summed E-state index contributed by atoms with van der Waals surface area (Å²) in [4.78, 5) is 39.7. The van der Waals surface area contributed by atoms with E-state index in [1.807, 2.05) is 0 Å². The summed E-state index contributed by atoms with van der Waals surface area (Å²) in [5, 5.41) is 2.40. The minimum Gasteiger partial charge on any atom is -0.368 e. The number of likely N-dealkylation sites (tertiary alicyclic amines) is 1. The number of nitrogens with zero attached hydrogens (tertiary/aromatic N) is 2. The van der Waals surface area contributed by atoms with E-state index in [4.69, 9.17) is 4.74 Å². The number of carbonyl (C=O) groups excluding carboxylic acids is 3. The van der Waals surface area contributed by atoms with Gasteiger partial charge in [0, 0.05) is 6.54 Å². The Morgan fingerprint density at radius 2 is 1.93 bits per heavy atom. The molecule has 2 atom stereocenters. The summed E-state index contributed by atoms with van der Waals surface area (Å²) < 4.78 is 55.0. The number of nitrogens with one attached hydrogen (secondary N) is 2. The molecule has 14 heteroatoms. The first-order valence-electron chi connectivity index (χ1n) is 9.57. The Kier molecular flexibility index (Phi) is 6.15. The van der Waals surface area contributed by atoms with Gasteiger partial charge in [0.2, 0.25) is 27.7 Å². The highest BCUT2D eigenvalue weighted by molar-refractivity contribution is 7.92. The van der Waals surface area contributed by atoms with E-state index in [-0.39, 0.29) is 37.9 Å². The van der Waals surface area contributed by atoms with Crippen LogP contribution in [0.5, 0.6) is 0 Å². The van der Waals surface area contributed by atoms with Gasteiger partial charge in [-0.2, -0.15) is 0 Å². The van der Waals surface area contributed by atoms with E-state index in [9.17, 15) is 31.2 Å². The SMILES string of the molecule is CCS(=O)(=O)NC(C)C(=O)N1CCOC2(C1)CN(C(=O)[C@@H]1CS(=O)(=O)CC(=O)N1)C2. The van der Waals surface area contributed by atoms with Crippen molar-refractivity contribution < 1.29 is 36.0 Å². The Morgan fingerprint density at radius 1 is 1.30 bits per heavy atom. The van der Waals surface area contributed by atoms with Gasteiger partial charge in [-0.15, -0.1) is 0 Å². The predicted molar refractivity (Wildman–Crippen MR) is 104 cm³/mol. The minimum absolute atomic E-state index is 0.137. The molecule has 2 N–H and O–H groups in total. The van der Waals surface area contributed by atoms with Crippen molar-refractivity contribution in [3.8, 4) is 0 Å². The average molecular weight is 467 g/mol. The van der Waals surface area contributed by atoms with Crippen molar-refractivity contribution in [2.45, 2.75) is 31.5 Å². The normalized spacial score (nSPS) is 26.6. The first-order chi connectivity index (χ1) is 13.9. The second-order valence-corrected chi connectivity index (χ2v) is 12.1. The summed E-state index contributed by atoms with van der Waals surface area (Å²) in [6.07, 6.45) is 0. The fourth-order valence-corrected chi connectivity index (χ4v) is 5.99. The van der Waals surface area contributed by atoms with Crippen LogP contribution in [0.3, 0.4) is 0 Å². The van der Waals surface area contributed by atoms with Gasteiger partial charge < -0.3 is 19.9 Å². The number of ether oxygens (including phenoxy) is 1. The molecule has 3 fully saturated rings. The molecular formula is C16H26N4O8S2. The highest BCUT2D eigenvalue weighted by Crippen LogP contribution is 2.30.